The van der Waals surface area contributed by atoms with Crippen LogP contribution in [0.1, 0.15) is 11.3 Å². The SMILES string of the molecule is FC(F)(F)c1[nH]ncc1C=CCBr. The molecule has 2 nitrogen and oxygen atoms in total. The van der Waals surface area contributed by atoms with Crippen LogP contribution in [0.4, 0.5) is 13.2 Å². The third-order valence-corrected chi connectivity index (χ3v) is 1.71. The molecule has 13 heavy (non-hydrogen) atoms. The molecule has 0 saturated heterocycles. The Balaban J connectivity index is 2.96. The molecule has 0 aliphatic carbocycles. The van der Waals surface area contributed by atoms with Crippen molar-refractivity contribution in [3.8, 4) is 0 Å². The number of nitrogens with one attached hydrogen (secondary N) is 1. The first-order chi connectivity index (χ1) is 6.05. The van der Waals surface area contributed by atoms with Crippen molar-refractivity contribution in [2.24, 2.45) is 0 Å². The second-order valence-electron chi connectivity index (χ2n) is 2.25. The standard InChI is InChI=1S/C7H6BrF3N2/c8-3-1-2-5-4-12-13-6(5)7(9,10)11/h1-2,4H,3H2,(H,12,13). The van der Waals surface area contributed by atoms with Gasteiger partial charge in [-0.15, -0.1) is 0 Å². The average molecular weight is 255 g/mol. The van der Waals surface area contributed by atoms with Gasteiger partial charge in [0.25, 0.3) is 0 Å². The highest BCUT2D eigenvalue weighted by Crippen LogP contribution is 2.30. The van der Waals surface area contributed by atoms with E-state index in [1.165, 1.54) is 6.08 Å². The summed E-state index contributed by atoms with van der Waals surface area (Å²) in [6.45, 7) is 0. The summed E-state index contributed by atoms with van der Waals surface area (Å²) < 4.78 is 36.6. The summed E-state index contributed by atoms with van der Waals surface area (Å²) in [6, 6.07) is 0. The van der Waals surface area contributed by atoms with Crippen molar-refractivity contribution in [3.05, 3.63) is 23.5 Å². The predicted octanol–water partition coefficient (Wildman–Crippen LogP) is 2.84. The number of aromatic amines is 1. The molecule has 1 aromatic rings. The molecule has 72 valence electrons. The number of aromatic nitrogens is 2. The van der Waals surface area contributed by atoms with Crippen LogP contribution in [0.5, 0.6) is 0 Å². The fourth-order valence-corrected chi connectivity index (χ4v) is 1.01. The molecule has 0 atom stereocenters. The third kappa shape index (κ3) is 2.58. The molecule has 0 aliphatic rings. The Bertz CT molecular complexity index is 303. The highest BCUT2D eigenvalue weighted by atomic mass is 79.9. The van der Waals surface area contributed by atoms with Crippen LogP contribution in [0.2, 0.25) is 0 Å². The van der Waals surface area contributed by atoms with Crippen LogP contribution in [0.3, 0.4) is 0 Å². The molecule has 0 bridgehead atoms. The van der Waals surface area contributed by atoms with Gasteiger partial charge in [0.15, 0.2) is 0 Å². The molecule has 1 aromatic heterocycles. The van der Waals surface area contributed by atoms with E-state index in [0.717, 1.165) is 6.20 Å². The van der Waals surface area contributed by atoms with Crippen LogP contribution in [-0.4, -0.2) is 15.5 Å². The van der Waals surface area contributed by atoms with Crippen molar-refractivity contribution in [2.75, 3.05) is 5.33 Å². The Morgan fingerprint density at radius 1 is 1.54 bits per heavy atom. The van der Waals surface area contributed by atoms with E-state index in [1.54, 1.807) is 6.08 Å². The van der Waals surface area contributed by atoms with Crippen molar-refractivity contribution in [1.82, 2.24) is 10.2 Å². The summed E-state index contributed by atoms with van der Waals surface area (Å²) in [7, 11) is 0. The molecule has 0 radical (unpaired) electrons. The smallest absolute Gasteiger partial charge is 0.273 e. The summed E-state index contributed by atoms with van der Waals surface area (Å²) in [4.78, 5) is 0. The maximum Gasteiger partial charge on any atom is 0.433 e. The van der Waals surface area contributed by atoms with E-state index >= 15 is 0 Å². The number of alkyl halides is 4. The third-order valence-electron chi connectivity index (χ3n) is 1.34. The van der Waals surface area contributed by atoms with Crippen LogP contribution >= 0.6 is 15.9 Å². The van der Waals surface area contributed by atoms with Gasteiger partial charge in [0.05, 0.1) is 6.20 Å². The Morgan fingerprint density at radius 2 is 2.23 bits per heavy atom. The molecule has 6 heteroatoms. The van der Waals surface area contributed by atoms with Crippen LogP contribution in [0.15, 0.2) is 12.3 Å². The van der Waals surface area contributed by atoms with Gasteiger partial charge in [-0.05, 0) is 0 Å². The minimum atomic E-state index is -4.37. The minimum absolute atomic E-state index is 0.0481. The van der Waals surface area contributed by atoms with E-state index in [0.29, 0.717) is 5.33 Å². The topological polar surface area (TPSA) is 28.7 Å². The van der Waals surface area contributed by atoms with Crippen LogP contribution in [0, 0.1) is 0 Å². The number of hydrogen-bond donors (Lipinski definition) is 1. The van der Waals surface area contributed by atoms with E-state index in [4.69, 9.17) is 0 Å². The zero-order chi connectivity index (χ0) is 9.90. The number of allylic oxidation sites excluding steroid dienone is 1. The Morgan fingerprint density at radius 3 is 2.77 bits per heavy atom. The summed E-state index contributed by atoms with van der Waals surface area (Å²) in [5.74, 6) is 0. The van der Waals surface area contributed by atoms with Gasteiger partial charge >= 0.3 is 6.18 Å². The van der Waals surface area contributed by atoms with Crippen molar-refractivity contribution in [1.29, 1.82) is 0 Å². The van der Waals surface area contributed by atoms with Crippen LogP contribution < -0.4 is 0 Å². The predicted molar refractivity (Wildman–Crippen MR) is 46.4 cm³/mol. The zero-order valence-electron chi connectivity index (χ0n) is 6.40. The minimum Gasteiger partial charge on any atom is -0.273 e. The monoisotopic (exact) mass is 254 g/mol. The summed E-state index contributed by atoms with van der Waals surface area (Å²) >= 11 is 3.07. The molecule has 1 N–H and O–H groups in total. The van der Waals surface area contributed by atoms with Gasteiger partial charge in [-0.2, -0.15) is 18.3 Å². The zero-order valence-corrected chi connectivity index (χ0v) is 7.98. The first kappa shape index (κ1) is 10.3. The molecule has 0 unspecified atom stereocenters. The molecule has 1 rings (SSSR count). The normalized spacial score (nSPS) is 12.6. The lowest BCUT2D eigenvalue weighted by molar-refractivity contribution is -0.141. The fraction of sp³-hybridized carbons (Fsp3) is 0.286. The number of halogens is 4. The number of nitrogens with zero attached hydrogens (tertiary/aromatic N) is 1. The lowest BCUT2D eigenvalue weighted by atomic mass is 10.2. The van der Waals surface area contributed by atoms with Crippen LogP contribution in [0.25, 0.3) is 6.08 Å². The highest BCUT2D eigenvalue weighted by Gasteiger charge is 2.34. The van der Waals surface area contributed by atoms with Gasteiger partial charge < -0.3 is 0 Å². The van der Waals surface area contributed by atoms with Crippen molar-refractivity contribution in [2.45, 2.75) is 6.18 Å². The summed E-state index contributed by atoms with van der Waals surface area (Å²) in [6.07, 6.45) is -0.300. The maximum atomic E-state index is 12.2. The molecule has 1 heterocycles. The van der Waals surface area contributed by atoms with E-state index in [2.05, 4.69) is 21.0 Å². The van der Waals surface area contributed by atoms with Crippen molar-refractivity contribution < 1.29 is 13.2 Å². The molecular weight excluding hydrogens is 249 g/mol. The first-order valence-electron chi connectivity index (χ1n) is 3.38. The quantitative estimate of drug-likeness (QED) is 0.808. The Kier molecular flexibility index (Phi) is 3.13. The van der Waals surface area contributed by atoms with Gasteiger partial charge in [0.2, 0.25) is 0 Å². The van der Waals surface area contributed by atoms with Gasteiger partial charge in [0, 0.05) is 10.9 Å². The molecule has 0 aliphatic heterocycles. The molecule has 0 fully saturated rings. The van der Waals surface area contributed by atoms with E-state index < -0.39 is 11.9 Å². The molecule has 0 aromatic carbocycles. The van der Waals surface area contributed by atoms with Gasteiger partial charge in [-0.25, -0.2) is 0 Å². The summed E-state index contributed by atoms with van der Waals surface area (Å²) in [5.41, 5.74) is -0.767. The van der Waals surface area contributed by atoms with Gasteiger partial charge in [-0.1, -0.05) is 28.1 Å². The van der Waals surface area contributed by atoms with E-state index in [9.17, 15) is 13.2 Å². The highest BCUT2D eigenvalue weighted by molar-refractivity contribution is 9.09. The Labute approximate surface area is 81.0 Å². The van der Waals surface area contributed by atoms with Gasteiger partial charge in [-0.3, -0.25) is 5.10 Å². The average Bonchev–Trinajstić information content (AvgIpc) is 2.47. The fourth-order valence-electron chi connectivity index (χ4n) is 0.820. The van der Waals surface area contributed by atoms with Crippen molar-refractivity contribution in [3.63, 3.8) is 0 Å². The lowest BCUT2D eigenvalue weighted by Gasteiger charge is -2.03. The number of rotatable bonds is 2. The van der Waals surface area contributed by atoms with Gasteiger partial charge in [0.1, 0.15) is 5.69 Å². The van der Waals surface area contributed by atoms with Crippen molar-refractivity contribution >= 4 is 22.0 Å². The Hall–Kier alpha value is -0.780. The molecule has 0 amide bonds. The summed E-state index contributed by atoms with van der Waals surface area (Å²) in [5, 5.41) is 5.75. The maximum absolute atomic E-state index is 12.2. The van der Waals surface area contributed by atoms with E-state index in [-0.39, 0.29) is 5.56 Å². The molecule has 0 spiro atoms. The first-order valence-corrected chi connectivity index (χ1v) is 4.51. The molecular formula is C7H6BrF3N2. The van der Waals surface area contributed by atoms with E-state index in [1.807, 2.05) is 5.10 Å². The molecule has 0 saturated carbocycles. The largest absolute Gasteiger partial charge is 0.433 e. The number of H-pyrrole nitrogens is 1. The van der Waals surface area contributed by atoms with Crippen LogP contribution in [-0.2, 0) is 6.18 Å². The second-order valence-corrected chi connectivity index (χ2v) is 2.90. The second kappa shape index (κ2) is 3.95. The number of hydrogen-bond acceptors (Lipinski definition) is 1. The lowest BCUT2D eigenvalue weighted by Crippen LogP contribution is -2.07.